The number of hydrogen-bond donors (Lipinski definition) is 2. The van der Waals surface area contributed by atoms with E-state index in [2.05, 4.69) is 22.2 Å². The Hall–Kier alpha value is -1.55. The van der Waals surface area contributed by atoms with Crippen molar-refractivity contribution in [2.45, 2.75) is 31.8 Å². The van der Waals surface area contributed by atoms with Crippen molar-refractivity contribution in [2.24, 2.45) is 5.73 Å². The number of methoxy groups -OCH3 is 1. The first-order chi connectivity index (χ1) is 8.11. The molecule has 0 aromatic heterocycles. The number of aryl methyl sites for hydroxylation is 1. The van der Waals surface area contributed by atoms with Crippen LogP contribution in [0.4, 0.5) is 4.79 Å². The van der Waals surface area contributed by atoms with E-state index >= 15 is 0 Å². The molecule has 2 unspecified atom stereocenters. The first kappa shape index (κ1) is 11.9. The van der Waals surface area contributed by atoms with Crippen LogP contribution in [0.3, 0.4) is 0 Å². The number of carbonyl (C=O) groups is 1. The Kier molecular flexibility index (Phi) is 3.33. The molecule has 0 fully saturated rings. The van der Waals surface area contributed by atoms with Gasteiger partial charge in [0.15, 0.2) is 0 Å². The highest BCUT2D eigenvalue weighted by Crippen LogP contribution is 2.31. The fraction of sp³-hybridized carbons (Fsp3) is 0.462. The van der Waals surface area contributed by atoms with Crippen molar-refractivity contribution >= 4 is 6.09 Å². The molecule has 4 nitrogen and oxygen atoms in total. The van der Waals surface area contributed by atoms with Gasteiger partial charge in [0, 0.05) is 6.04 Å². The molecule has 2 atom stereocenters. The lowest BCUT2D eigenvalue weighted by molar-refractivity contribution is 0.167. The van der Waals surface area contributed by atoms with Gasteiger partial charge in [0.25, 0.3) is 0 Å². The topological polar surface area (TPSA) is 64.3 Å². The number of carbonyl (C=O) groups excluding carboxylic acids is 1. The van der Waals surface area contributed by atoms with Crippen molar-refractivity contribution in [3.05, 3.63) is 34.9 Å². The molecule has 0 saturated heterocycles. The molecule has 92 valence electrons. The average molecular weight is 234 g/mol. The summed E-state index contributed by atoms with van der Waals surface area (Å²) >= 11 is 0. The lowest BCUT2D eigenvalue weighted by Crippen LogP contribution is -2.26. The summed E-state index contributed by atoms with van der Waals surface area (Å²) in [4.78, 5) is 11.1. The smallest absolute Gasteiger partial charge is 0.407 e. The lowest BCUT2D eigenvalue weighted by atomic mass is 10.0. The second-order valence-corrected chi connectivity index (χ2v) is 4.46. The predicted molar refractivity (Wildman–Crippen MR) is 65.6 cm³/mol. The molecule has 0 bridgehead atoms. The van der Waals surface area contributed by atoms with E-state index in [9.17, 15) is 4.79 Å². The number of nitrogens with one attached hydrogen (secondary N) is 1. The number of ether oxygens (including phenoxy) is 1. The Bertz CT molecular complexity index is 431. The van der Waals surface area contributed by atoms with Gasteiger partial charge in [-0.15, -0.1) is 0 Å². The first-order valence-electron chi connectivity index (χ1n) is 5.84. The first-order valence-corrected chi connectivity index (χ1v) is 5.84. The zero-order valence-electron chi connectivity index (χ0n) is 10.2. The number of nitrogens with two attached hydrogens (primary N) is 1. The van der Waals surface area contributed by atoms with Crippen molar-refractivity contribution in [2.75, 3.05) is 7.11 Å². The van der Waals surface area contributed by atoms with E-state index in [1.54, 1.807) is 0 Å². The van der Waals surface area contributed by atoms with E-state index in [-0.39, 0.29) is 12.1 Å². The minimum absolute atomic E-state index is 0.0513. The van der Waals surface area contributed by atoms with Crippen LogP contribution in [0.25, 0.3) is 0 Å². The third kappa shape index (κ3) is 2.42. The fourth-order valence-corrected chi connectivity index (χ4v) is 2.26. The maximum Gasteiger partial charge on any atom is 0.407 e. The standard InChI is InChI=1S/C13H18N2O2/c1-8(15-13(16)17-2)9-3-5-11-10(7-9)4-6-12(11)14/h3,5,7-8,12H,4,6,14H2,1-2H3,(H,15,16). The molecule has 1 aromatic rings. The Labute approximate surface area is 101 Å². The van der Waals surface area contributed by atoms with E-state index in [1.165, 1.54) is 18.2 Å². The van der Waals surface area contributed by atoms with Crippen LogP contribution in [-0.2, 0) is 11.2 Å². The molecule has 0 spiro atoms. The Morgan fingerprint density at radius 3 is 3.06 bits per heavy atom. The highest BCUT2D eigenvalue weighted by atomic mass is 16.5. The maximum atomic E-state index is 11.1. The van der Waals surface area contributed by atoms with Crippen LogP contribution in [0.15, 0.2) is 18.2 Å². The Morgan fingerprint density at radius 1 is 1.59 bits per heavy atom. The molecule has 1 aromatic carbocycles. The van der Waals surface area contributed by atoms with Crippen LogP contribution in [-0.4, -0.2) is 13.2 Å². The molecule has 0 heterocycles. The van der Waals surface area contributed by atoms with Crippen LogP contribution < -0.4 is 11.1 Å². The Balaban J connectivity index is 2.15. The zero-order valence-corrected chi connectivity index (χ0v) is 10.2. The van der Waals surface area contributed by atoms with Crippen LogP contribution >= 0.6 is 0 Å². The number of amides is 1. The normalized spacial score (nSPS) is 19.6. The number of alkyl carbamates (subject to hydrolysis) is 1. The highest BCUT2D eigenvalue weighted by Gasteiger charge is 2.20. The van der Waals surface area contributed by atoms with Gasteiger partial charge in [-0.1, -0.05) is 18.2 Å². The molecule has 0 saturated carbocycles. The maximum absolute atomic E-state index is 11.1. The van der Waals surface area contributed by atoms with Crippen LogP contribution in [0.2, 0.25) is 0 Å². The summed E-state index contributed by atoms with van der Waals surface area (Å²) in [5, 5.41) is 2.76. The monoisotopic (exact) mass is 234 g/mol. The number of hydrogen-bond acceptors (Lipinski definition) is 3. The molecular formula is C13H18N2O2. The summed E-state index contributed by atoms with van der Waals surface area (Å²) in [6.07, 6.45) is 1.63. The van der Waals surface area contributed by atoms with E-state index < -0.39 is 6.09 Å². The molecule has 0 radical (unpaired) electrons. The van der Waals surface area contributed by atoms with Crippen LogP contribution in [0, 0.1) is 0 Å². The molecule has 2 rings (SSSR count). The van der Waals surface area contributed by atoms with Crippen molar-refractivity contribution in [1.82, 2.24) is 5.32 Å². The van der Waals surface area contributed by atoms with Crippen molar-refractivity contribution in [3.63, 3.8) is 0 Å². The molecule has 1 aliphatic rings. The molecule has 1 amide bonds. The summed E-state index contributed by atoms with van der Waals surface area (Å²) in [6.45, 7) is 1.94. The minimum Gasteiger partial charge on any atom is -0.453 e. The third-order valence-electron chi connectivity index (χ3n) is 3.31. The van der Waals surface area contributed by atoms with Crippen molar-refractivity contribution in [1.29, 1.82) is 0 Å². The van der Waals surface area contributed by atoms with Gasteiger partial charge < -0.3 is 15.8 Å². The van der Waals surface area contributed by atoms with Gasteiger partial charge in [-0.25, -0.2) is 4.79 Å². The van der Waals surface area contributed by atoms with E-state index in [0.29, 0.717) is 0 Å². The van der Waals surface area contributed by atoms with E-state index in [4.69, 9.17) is 5.73 Å². The second-order valence-electron chi connectivity index (χ2n) is 4.46. The number of benzene rings is 1. The van der Waals surface area contributed by atoms with Gasteiger partial charge in [-0.05, 0) is 36.5 Å². The summed E-state index contributed by atoms with van der Waals surface area (Å²) in [6, 6.07) is 6.33. The lowest BCUT2D eigenvalue weighted by Gasteiger charge is -2.15. The molecule has 3 N–H and O–H groups in total. The molecular weight excluding hydrogens is 216 g/mol. The third-order valence-corrected chi connectivity index (χ3v) is 3.31. The summed E-state index contributed by atoms with van der Waals surface area (Å²) in [7, 11) is 1.36. The average Bonchev–Trinajstić information content (AvgIpc) is 2.70. The van der Waals surface area contributed by atoms with Crippen LogP contribution in [0.1, 0.15) is 42.1 Å². The van der Waals surface area contributed by atoms with E-state index in [1.807, 2.05) is 13.0 Å². The van der Waals surface area contributed by atoms with Gasteiger partial charge >= 0.3 is 6.09 Å². The predicted octanol–water partition coefficient (Wildman–Crippen LogP) is 2.05. The fourth-order valence-electron chi connectivity index (χ4n) is 2.26. The number of rotatable bonds is 2. The molecule has 1 aliphatic carbocycles. The molecule has 0 aliphatic heterocycles. The van der Waals surface area contributed by atoms with Gasteiger partial charge in [-0.3, -0.25) is 0 Å². The summed E-state index contributed by atoms with van der Waals surface area (Å²) in [5.41, 5.74) is 9.61. The van der Waals surface area contributed by atoms with Crippen LogP contribution in [0.5, 0.6) is 0 Å². The highest BCUT2D eigenvalue weighted by molar-refractivity contribution is 5.67. The van der Waals surface area contributed by atoms with Crippen molar-refractivity contribution in [3.8, 4) is 0 Å². The molecule has 17 heavy (non-hydrogen) atoms. The van der Waals surface area contributed by atoms with Crippen molar-refractivity contribution < 1.29 is 9.53 Å². The zero-order chi connectivity index (χ0) is 12.4. The minimum atomic E-state index is -0.408. The van der Waals surface area contributed by atoms with Gasteiger partial charge in [-0.2, -0.15) is 0 Å². The Morgan fingerprint density at radius 2 is 2.35 bits per heavy atom. The molecule has 4 heteroatoms. The second kappa shape index (κ2) is 4.75. The van der Waals surface area contributed by atoms with E-state index in [0.717, 1.165) is 18.4 Å². The quantitative estimate of drug-likeness (QED) is 0.823. The SMILES string of the molecule is COC(=O)NC(C)c1ccc2c(c1)CCC2N. The largest absolute Gasteiger partial charge is 0.453 e. The summed E-state index contributed by atoms with van der Waals surface area (Å²) in [5.74, 6) is 0. The van der Waals surface area contributed by atoms with Gasteiger partial charge in [0.1, 0.15) is 0 Å². The van der Waals surface area contributed by atoms with Gasteiger partial charge in [0.05, 0.1) is 13.2 Å². The van der Waals surface area contributed by atoms with Gasteiger partial charge in [0.2, 0.25) is 0 Å². The number of fused-ring (bicyclic) bond motifs is 1. The summed E-state index contributed by atoms with van der Waals surface area (Å²) < 4.78 is 4.58.